The Morgan fingerprint density at radius 1 is 0.827 bits per heavy atom. The smallest absolute Gasteiger partial charge is 0.748 e. The number of unbranched alkanes of at least 4 members (excludes halogenated alkanes) is 2. The maximum absolute atomic E-state index is 11.9. The van der Waals surface area contributed by atoms with Crippen molar-refractivity contribution in [2.24, 2.45) is 0 Å². The van der Waals surface area contributed by atoms with E-state index in [1.54, 1.807) is 12.1 Å². The van der Waals surface area contributed by atoms with E-state index in [1.807, 2.05) is 67.5 Å². The van der Waals surface area contributed by atoms with Gasteiger partial charge in [0, 0.05) is 63.9 Å². The van der Waals surface area contributed by atoms with Crippen LogP contribution in [0.25, 0.3) is 0 Å². The average molecular weight is 859 g/mol. The van der Waals surface area contributed by atoms with Crippen LogP contribution in [0.3, 0.4) is 0 Å². The molecular formula is C31H37K2N2NaO12S4. The minimum atomic E-state index is -4.74. The zero-order valence-electron chi connectivity index (χ0n) is 30.3. The largest absolute Gasteiger partial charge is 1.00 e. The molecule has 0 bridgehead atoms. The molecular weight excluding hydrogens is 822 g/mol. The normalized spacial score (nSPS) is 17.1. The van der Waals surface area contributed by atoms with Crippen molar-refractivity contribution in [1.82, 2.24) is 0 Å². The molecule has 0 aliphatic carbocycles. The molecule has 0 amide bonds. The molecule has 0 atom stereocenters. The predicted molar refractivity (Wildman–Crippen MR) is 177 cm³/mol. The quantitative estimate of drug-likeness (QED) is 0.0292. The Hall–Kier alpha value is 1.62. The topological polar surface area (TPSA) is 219 Å². The molecule has 52 heavy (non-hydrogen) atoms. The molecule has 21 heteroatoms. The second-order valence-corrected chi connectivity index (χ2v) is 18.0. The SMILES string of the molecule is CC1(C)C(=CC=CC2=[N+](CCCCS(=O)(=O)[O-])c3ccc(SOO[O-])cc3C2(C)C)N(CCCCS(=O)(=O)[O-])c2ccc(S(=O)(=O)[O-])cc21.[K+].[K+].[Na+]. The monoisotopic (exact) mass is 858 g/mol. The molecule has 0 aromatic heterocycles. The van der Waals surface area contributed by atoms with Gasteiger partial charge in [-0.25, -0.2) is 25.3 Å². The number of hydrogen-bond donors (Lipinski definition) is 0. The molecule has 2 aliphatic heterocycles. The van der Waals surface area contributed by atoms with Crippen molar-refractivity contribution in [1.29, 1.82) is 0 Å². The molecule has 0 saturated carbocycles. The summed E-state index contributed by atoms with van der Waals surface area (Å²) >= 11 is 0.749. The third kappa shape index (κ3) is 13.3. The van der Waals surface area contributed by atoms with Crippen molar-refractivity contribution < 1.29 is 190 Å². The van der Waals surface area contributed by atoms with E-state index < -0.39 is 52.7 Å². The van der Waals surface area contributed by atoms with Crippen LogP contribution >= 0.6 is 12.0 Å². The van der Waals surface area contributed by atoms with Gasteiger partial charge in [-0.3, -0.25) is 5.04 Å². The van der Waals surface area contributed by atoms with Crippen molar-refractivity contribution in [2.45, 2.75) is 74.0 Å². The summed E-state index contributed by atoms with van der Waals surface area (Å²) in [6.07, 6.45) is 6.60. The minimum Gasteiger partial charge on any atom is -0.748 e. The molecule has 2 aromatic rings. The Kier molecular flexibility index (Phi) is 20.9. The van der Waals surface area contributed by atoms with E-state index in [2.05, 4.69) is 9.37 Å². The van der Waals surface area contributed by atoms with Crippen molar-refractivity contribution in [3.8, 4) is 0 Å². The first-order chi connectivity index (χ1) is 22.7. The summed E-state index contributed by atoms with van der Waals surface area (Å²) in [7, 11) is -13.5. The Labute approximate surface area is 417 Å². The van der Waals surface area contributed by atoms with Crippen molar-refractivity contribution in [3.63, 3.8) is 0 Å². The van der Waals surface area contributed by atoms with Crippen LogP contribution in [0.2, 0.25) is 0 Å². The first-order valence-corrected chi connectivity index (χ1v) is 20.5. The van der Waals surface area contributed by atoms with Crippen LogP contribution in [-0.4, -0.2) is 73.8 Å². The summed E-state index contributed by atoms with van der Waals surface area (Å²) in [5.41, 5.74) is 3.15. The first kappa shape index (κ1) is 51.6. The Morgan fingerprint density at radius 3 is 2.02 bits per heavy atom. The van der Waals surface area contributed by atoms with Gasteiger partial charge in [0.1, 0.15) is 16.7 Å². The zero-order chi connectivity index (χ0) is 36.4. The molecule has 0 unspecified atom stereocenters. The summed E-state index contributed by atoms with van der Waals surface area (Å²) in [6, 6.07) is 9.57. The van der Waals surface area contributed by atoms with Crippen LogP contribution in [0.5, 0.6) is 0 Å². The van der Waals surface area contributed by atoms with Crippen molar-refractivity contribution in [2.75, 3.05) is 29.5 Å². The van der Waals surface area contributed by atoms with Crippen molar-refractivity contribution in [3.05, 3.63) is 71.5 Å². The third-order valence-corrected chi connectivity index (χ3v) is 11.7. The molecule has 0 radical (unpaired) electrons. The van der Waals surface area contributed by atoms with Gasteiger partial charge >= 0.3 is 132 Å². The Morgan fingerprint density at radius 2 is 1.44 bits per heavy atom. The number of rotatable bonds is 16. The fraction of sp³-hybridized carbons (Fsp3) is 0.452. The standard InChI is InChI=1S/C31H40N2O12S4.2K.Na/c1-30(2)24-20-22(46-45-44-34)12-14-26(24)32(16-5-7-18-47(35,36)37)28(30)10-9-11-29-31(3,4)25-21-23(49(41,42)43)13-15-27(25)33(29)17-6-8-19-48(38,39)40;;;/h9-15,20-21H,5-8,16-19H2,1-4H3,(H3-,34,35,36,37,38,39,40,41,42,43);;;/q;3*+1/p-3. The molecule has 14 nitrogen and oxygen atoms in total. The van der Waals surface area contributed by atoms with Crippen molar-refractivity contribution >= 4 is 59.5 Å². The van der Waals surface area contributed by atoms with Gasteiger partial charge in [-0.2, -0.15) is 8.91 Å². The van der Waals surface area contributed by atoms with E-state index in [9.17, 15) is 44.2 Å². The summed E-state index contributed by atoms with van der Waals surface area (Å²) < 4.78 is 109. The summed E-state index contributed by atoms with van der Waals surface area (Å²) in [6.45, 7) is 8.45. The van der Waals surface area contributed by atoms with Gasteiger partial charge in [0.05, 0.1) is 42.6 Å². The molecule has 2 aliphatic rings. The molecule has 2 heterocycles. The van der Waals surface area contributed by atoms with Crippen LogP contribution in [0.4, 0.5) is 11.4 Å². The maximum atomic E-state index is 11.9. The molecule has 270 valence electrons. The van der Waals surface area contributed by atoms with Gasteiger partial charge in [0.2, 0.25) is 5.69 Å². The molecule has 2 aromatic carbocycles. The number of benzene rings is 2. The number of anilines is 1. The summed E-state index contributed by atoms with van der Waals surface area (Å²) in [5.74, 6) is -1.01. The van der Waals surface area contributed by atoms with Gasteiger partial charge in [-0.05, 0) is 75.1 Å². The van der Waals surface area contributed by atoms with Crippen LogP contribution in [0.15, 0.2) is 70.1 Å². The van der Waals surface area contributed by atoms with Crippen LogP contribution < -0.4 is 142 Å². The van der Waals surface area contributed by atoms with E-state index in [4.69, 9.17) is 0 Å². The number of allylic oxidation sites excluding steroid dienone is 4. The van der Waals surface area contributed by atoms with Gasteiger partial charge in [0.15, 0.2) is 5.71 Å². The second-order valence-electron chi connectivity index (χ2n) is 12.8. The fourth-order valence-electron chi connectivity index (χ4n) is 6.38. The molecule has 0 saturated heterocycles. The Balaban J connectivity index is 0.00000451. The molecule has 0 N–H and O–H groups in total. The number of fused-ring (bicyclic) bond motifs is 2. The van der Waals surface area contributed by atoms with Crippen LogP contribution in [0, 0.1) is 0 Å². The van der Waals surface area contributed by atoms with Crippen LogP contribution in [0.1, 0.15) is 64.5 Å². The maximum Gasteiger partial charge on any atom is 1.00 e. The van der Waals surface area contributed by atoms with Gasteiger partial charge in [-0.1, -0.05) is 19.9 Å². The van der Waals surface area contributed by atoms with Crippen LogP contribution in [-0.2, 0) is 50.6 Å². The summed E-state index contributed by atoms with van der Waals surface area (Å²) in [4.78, 5) is 2.15. The predicted octanol–water partition coefficient (Wildman–Crippen LogP) is -5.90. The number of hydrogen-bond acceptors (Lipinski definition) is 14. The average Bonchev–Trinajstić information content (AvgIpc) is 3.33. The summed E-state index contributed by atoms with van der Waals surface area (Å²) in [5, 5.41) is 13.9. The fourth-order valence-corrected chi connectivity index (χ4v) is 8.39. The van der Waals surface area contributed by atoms with Gasteiger partial charge < -0.3 is 23.8 Å². The Bertz CT molecular complexity index is 2020. The van der Waals surface area contributed by atoms with Gasteiger partial charge in [0.25, 0.3) is 0 Å². The van der Waals surface area contributed by atoms with E-state index in [-0.39, 0.29) is 150 Å². The van der Waals surface area contributed by atoms with E-state index in [0.717, 1.165) is 34.7 Å². The molecule has 0 spiro atoms. The van der Waals surface area contributed by atoms with E-state index >= 15 is 0 Å². The third-order valence-electron chi connectivity index (χ3n) is 8.73. The second kappa shape index (κ2) is 21.0. The van der Waals surface area contributed by atoms with E-state index in [1.165, 1.54) is 12.1 Å². The number of nitrogens with zero attached hydrogens (tertiary/aromatic N) is 2. The van der Waals surface area contributed by atoms with E-state index in [0.29, 0.717) is 42.1 Å². The molecule has 0 fully saturated rings. The minimum absolute atomic E-state index is 0. The first-order valence-electron chi connectivity index (χ1n) is 15.2. The van der Waals surface area contributed by atoms with Gasteiger partial charge in [-0.15, -0.1) is 0 Å². The zero-order valence-corrected chi connectivity index (χ0v) is 41.8. The molecule has 4 rings (SSSR count).